The standard InChI is InChI=1S/C56H37N3O/c1-3-13-36(14-4-1)37-23-27-40(28-24-37)54-57-53(39-15-5-2-6-16-39)58-55(59-54)41-29-25-38(26-30-41)44-31-32-47-45(34-44)46-33-42-17-7-8-18-43(42)35-50(46)56(47)48-19-9-11-21-51(48)60-52-22-12-10-20-49(52)56/h1-35,53H,(H,57,58,59). The fourth-order valence-electron chi connectivity index (χ4n) is 9.56. The van der Waals surface area contributed by atoms with Crippen molar-refractivity contribution in [3.63, 3.8) is 0 Å². The molecule has 9 aromatic rings. The molecule has 1 aliphatic carbocycles. The first-order valence-electron chi connectivity index (χ1n) is 20.5. The van der Waals surface area contributed by atoms with Crippen LogP contribution in [0.3, 0.4) is 0 Å². The molecular formula is C56H37N3O. The van der Waals surface area contributed by atoms with Gasteiger partial charge in [-0.25, -0.2) is 9.98 Å². The van der Waals surface area contributed by atoms with Gasteiger partial charge in [-0.1, -0.05) is 182 Å². The van der Waals surface area contributed by atoms with E-state index in [0.29, 0.717) is 5.84 Å². The molecule has 4 nitrogen and oxygen atoms in total. The lowest BCUT2D eigenvalue weighted by Crippen LogP contribution is -2.33. The van der Waals surface area contributed by atoms with Crippen LogP contribution in [0.5, 0.6) is 11.5 Å². The molecule has 0 aromatic heterocycles. The third-order valence-corrected chi connectivity index (χ3v) is 12.4. The zero-order chi connectivity index (χ0) is 39.6. The van der Waals surface area contributed by atoms with Crippen LogP contribution >= 0.6 is 0 Å². The predicted molar refractivity (Wildman–Crippen MR) is 244 cm³/mol. The highest BCUT2D eigenvalue weighted by Crippen LogP contribution is 2.62. The normalized spacial score (nSPS) is 15.4. The molecule has 1 N–H and O–H groups in total. The Kier molecular flexibility index (Phi) is 7.79. The summed E-state index contributed by atoms with van der Waals surface area (Å²) in [5.41, 5.74) is 14.6. The summed E-state index contributed by atoms with van der Waals surface area (Å²) in [6.07, 6.45) is -0.275. The maximum Gasteiger partial charge on any atom is 0.159 e. The molecule has 0 saturated carbocycles. The van der Waals surface area contributed by atoms with Crippen LogP contribution in [0, 0.1) is 0 Å². The summed E-state index contributed by atoms with van der Waals surface area (Å²) in [6, 6.07) is 75.7. The number of nitrogens with zero attached hydrogens (tertiary/aromatic N) is 2. The maximum atomic E-state index is 6.60. The number of rotatable bonds is 5. The molecule has 0 bridgehead atoms. The zero-order valence-corrected chi connectivity index (χ0v) is 32.6. The van der Waals surface area contributed by atoms with Crippen LogP contribution in [0.25, 0.3) is 44.2 Å². The van der Waals surface area contributed by atoms with Crippen LogP contribution in [0.1, 0.15) is 45.1 Å². The molecule has 1 atom stereocenters. The number of benzene rings is 9. The van der Waals surface area contributed by atoms with Crippen molar-refractivity contribution in [1.82, 2.24) is 5.32 Å². The molecule has 4 heteroatoms. The Morgan fingerprint density at radius 1 is 0.400 bits per heavy atom. The number of para-hydroxylation sites is 2. The lowest BCUT2D eigenvalue weighted by atomic mass is 9.66. The lowest BCUT2D eigenvalue weighted by Gasteiger charge is -2.39. The summed E-state index contributed by atoms with van der Waals surface area (Å²) in [4.78, 5) is 10.3. The first kappa shape index (κ1) is 34.2. The molecule has 2 aliphatic heterocycles. The van der Waals surface area contributed by atoms with E-state index in [0.717, 1.165) is 45.2 Å². The van der Waals surface area contributed by atoms with Crippen LogP contribution in [0.2, 0.25) is 0 Å². The van der Waals surface area contributed by atoms with Crippen molar-refractivity contribution in [3.05, 3.63) is 251 Å². The number of fused-ring (bicyclic) bond motifs is 10. The second-order valence-electron chi connectivity index (χ2n) is 15.7. The molecule has 9 aromatic carbocycles. The van der Waals surface area contributed by atoms with Gasteiger partial charge in [0.05, 0.1) is 5.41 Å². The molecule has 282 valence electrons. The third-order valence-electron chi connectivity index (χ3n) is 12.4. The summed E-state index contributed by atoms with van der Waals surface area (Å²) in [6.45, 7) is 0. The Hall–Kier alpha value is -7.82. The molecule has 0 radical (unpaired) electrons. The first-order chi connectivity index (χ1) is 29.7. The van der Waals surface area contributed by atoms with Gasteiger partial charge in [0.15, 0.2) is 5.84 Å². The van der Waals surface area contributed by atoms with E-state index >= 15 is 0 Å². The molecule has 0 saturated heterocycles. The maximum absolute atomic E-state index is 6.60. The van der Waals surface area contributed by atoms with Gasteiger partial charge in [-0.15, -0.1) is 0 Å². The summed E-state index contributed by atoms with van der Waals surface area (Å²) in [5.74, 6) is 3.29. The number of nitrogens with one attached hydrogen (secondary N) is 1. The average Bonchev–Trinajstić information content (AvgIpc) is 3.60. The summed E-state index contributed by atoms with van der Waals surface area (Å²) < 4.78 is 6.60. The van der Waals surface area contributed by atoms with Gasteiger partial charge < -0.3 is 10.1 Å². The fraction of sp³-hybridized carbons (Fsp3) is 0.0357. The van der Waals surface area contributed by atoms with Gasteiger partial charge in [-0.3, -0.25) is 0 Å². The fourth-order valence-corrected chi connectivity index (χ4v) is 9.56. The lowest BCUT2D eigenvalue weighted by molar-refractivity contribution is 0.436. The van der Waals surface area contributed by atoms with Gasteiger partial charge in [-0.2, -0.15) is 0 Å². The smallest absolute Gasteiger partial charge is 0.159 e. The number of hydrogen-bond acceptors (Lipinski definition) is 4. The Morgan fingerprint density at radius 2 is 0.917 bits per heavy atom. The van der Waals surface area contributed by atoms with Crippen LogP contribution in [0.4, 0.5) is 0 Å². The van der Waals surface area contributed by atoms with Crippen molar-refractivity contribution in [3.8, 4) is 44.9 Å². The van der Waals surface area contributed by atoms with E-state index in [4.69, 9.17) is 14.7 Å². The summed E-state index contributed by atoms with van der Waals surface area (Å²) in [5, 5.41) is 6.07. The second-order valence-corrected chi connectivity index (χ2v) is 15.7. The Labute approximate surface area is 348 Å². The van der Waals surface area contributed by atoms with E-state index in [1.807, 2.05) is 12.1 Å². The van der Waals surface area contributed by atoms with Crippen molar-refractivity contribution in [2.75, 3.05) is 0 Å². The minimum absolute atomic E-state index is 0.275. The van der Waals surface area contributed by atoms with Crippen LogP contribution in [0.15, 0.2) is 222 Å². The summed E-state index contributed by atoms with van der Waals surface area (Å²) in [7, 11) is 0. The molecule has 1 spiro atoms. The van der Waals surface area contributed by atoms with E-state index in [2.05, 4.69) is 206 Å². The quantitative estimate of drug-likeness (QED) is 0.190. The topological polar surface area (TPSA) is 46.0 Å². The minimum atomic E-state index is -0.525. The van der Waals surface area contributed by atoms with E-state index in [1.165, 1.54) is 55.3 Å². The monoisotopic (exact) mass is 767 g/mol. The van der Waals surface area contributed by atoms with Gasteiger partial charge in [0.2, 0.25) is 0 Å². The van der Waals surface area contributed by atoms with Gasteiger partial charge in [0, 0.05) is 22.3 Å². The van der Waals surface area contributed by atoms with Gasteiger partial charge in [-0.05, 0) is 91.2 Å². The molecule has 1 unspecified atom stereocenters. The number of hydrogen-bond donors (Lipinski definition) is 1. The minimum Gasteiger partial charge on any atom is -0.457 e. The van der Waals surface area contributed by atoms with Crippen molar-refractivity contribution in [2.45, 2.75) is 11.6 Å². The van der Waals surface area contributed by atoms with Crippen LogP contribution in [-0.2, 0) is 5.41 Å². The Morgan fingerprint density at radius 3 is 1.62 bits per heavy atom. The molecule has 3 aliphatic rings. The molecule has 0 fully saturated rings. The molecule has 60 heavy (non-hydrogen) atoms. The highest BCUT2D eigenvalue weighted by molar-refractivity contribution is 6.13. The van der Waals surface area contributed by atoms with Crippen molar-refractivity contribution >= 4 is 22.4 Å². The Bertz CT molecular complexity index is 3140. The van der Waals surface area contributed by atoms with E-state index < -0.39 is 5.41 Å². The number of aliphatic imine (C=N–C) groups is 2. The van der Waals surface area contributed by atoms with Crippen molar-refractivity contribution < 1.29 is 4.74 Å². The number of amidine groups is 2. The van der Waals surface area contributed by atoms with Gasteiger partial charge in [0.25, 0.3) is 0 Å². The van der Waals surface area contributed by atoms with Crippen molar-refractivity contribution in [2.24, 2.45) is 9.98 Å². The highest BCUT2D eigenvalue weighted by atomic mass is 16.5. The number of ether oxygens (including phenoxy) is 1. The Balaban J connectivity index is 0.955. The van der Waals surface area contributed by atoms with Crippen LogP contribution < -0.4 is 10.1 Å². The summed E-state index contributed by atoms with van der Waals surface area (Å²) >= 11 is 0. The molecule has 12 rings (SSSR count). The van der Waals surface area contributed by atoms with E-state index in [-0.39, 0.29) is 6.17 Å². The van der Waals surface area contributed by atoms with Crippen LogP contribution in [-0.4, -0.2) is 11.7 Å². The van der Waals surface area contributed by atoms with E-state index in [1.54, 1.807) is 0 Å². The highest BCUT2D eigenvalue weighted by Gasteiger charge is 2.51. The zero-order valence-electron chi connectivity index (χ0n) is 32.6. The van der Waals surface area contributed by atoms with E-state index in [9.17, 15) is 0 Å². The molecule has 0 amide bonds. The molecule has 2 heterocycles. The average molecular weight is 768 g/mol. The predicted octanol–water partition coefficient (Wildman–Crippen LogP) is 13.1. The third kappa shape index (κ3) is 5.38. The second kappa shape index (κ2) is 13.6. The van der Waals surface area contributed by atoms with Gasteiger partial charge >= 0.3 is 0 Å². The SMILES string of the molecule is c1ccc(-c2ccc(C3=NC(c4ccc(-c5ccc6c(c5)-c5cc7ccccc7cc5C65c6ccccc6Oc6ccccc65)cc4)=NC(c4ccccc4)N3)cc2)cc1. The first-order valence-corrected chi connectivity index (χ1v) is 20.5. The molecular weight excluding hydrogens is 731 g/mol. The largest absolute Gasteiger partial charge is 0.457 e. The van der Waals surface area contributed by atoms with Crippen molar-refractivity contribution in [1.29, 1.82) is 0 Å². The van der Waals surface area contributed by atoms with Gasteiger partial charge in [0.1, 0.15) is 23.5 Å².